The minimum absolute atomic E-state index is 0.0205. The van der Waals surface area contributed by atoms with Gasteiger partial charge < -0.3 is 5.73 Å². The normalized spacial score (nSPS) is 12.9. The molecule has 1 aromatic carbocycles. The number of nitrogens with two attached hydrogens (primary N) is 1. The lowest BCUT2D eigenvalue weighted by molar-refractivity contribution is -0.138. The number of halogens is 5. The summed E-state index contributed by atoms with van der Waals surface area (Å²) in [6.45, 7) is 0. The maximum Gasteiger partial charge on any atom is 0.417 e. The first-order valence-corrected chi connectivity index (χ1v) is 5.71. The Kier molecular flexibility index (Phi) is 4.43. The molecule has 0 heterocycles. The van der Waals surface area contributed by atoms with Crippen LogP contribution in [0.4, 0.5) is 18.9 Å². The van der Waals surface area contributed by atoms with E-state index in [1.165, 1.54) is 12.1 Å². The number of hydrogen-bond donors (Lipinski definition) is 1. The van der Waals surface area contributed by atoms with E-state index >= 15 is 0 Å². The highest BCUT2D eigenvalue weighted by molar-refractivity contribution is 14.1. The molecule has 2 nitrogen and oxygen atoms in total. The fourth-order valence-electron chi connectivity index (χ4n) is 0.996. The summed E-state index contributed by atoms with van der Waals surface area (Å²) >= 11 is 7.00. The largest absolute Gasteiger partial charge is 0.417 e. The minimum atomic E-state index is -4.39. The van der Waals surface area contributed by atoms with Gasteiger partial charge in [0.05, 0.1) is 17.1 Å². The molecule has 0 saturated heterocycles. The monoisotopic (exact) mass is 362 g/mol. The summed E-state index contributed by atoms with van der Waals surface area (Å²) in [6.07, 6.45) is -4.39. The first kappa shape index (κ1) is 13.6. The molecule has 0 aromatic heterocycles. The topological polar surface area (TPSA) is 38.4 Å². The molecule has 16 heavy (non-hydrogen) atoms. The van der Waals surface area contributed by atoms with Crippen LogP contribution < -0.4 is 5.73 Å². The number of hydrogen-bond acceptors (Lipinski definition) is 1. The zero-order chi connectivity index (χ0) is 12.3. The Balaban J connectivity index is 3.18. The molecule has 88 valence electrons. The van der Waals surface area contributed by atoms with Crippen molar-refractivity contribution in [3.8, 4) is 0 Å². The van der Waals surface area contributed by atoms with E-state index in [0.717, 1.165) is 6.07 Å². The molecule has 0 aliphatic rings. The Hall–Kier alpha value is -0.500. The van der Waals surface area contributed by atoms with E-state index in [1.54, 1.807) is 22.6 Å². The molecule has 0 spiro atoms. The second-order valence-corrected chi connectivity index (χ2v) is 4.33. The molecule has 1 aromatic rings. The van der Waals surface area contributed by atoms with Crippen molar-refractivity contribution < 1.29 is 13.2 Å². The van der Waals surface area contributed by atoms with Crippen molar-refractivity contribution in [2.24, 2.45) is 10.7 Å². The highest BCUT2D eigenvalue weighted by Crippen LogP contribution is 2.35. The third-order valence-electron chi connectivity index (χ3n) is 1.66. The fraction of sp³-hybridized carbons (Fsp3) is 0.222. The standard InChI is InChI=1S/C9H7ClF3IN2/c10-4-8(15)16-5-1-2-7(14)6(3-5)9(11,12)13/h1-3H,4H2,(H2,15,16). The van der Waals surface area contributed by atoms with Gasteiger partial charge in [-0.05, 0) is 40.8 Å². The molecule has 7 heteroatoms. The summed E-state index contributed by atoms with van der Waals surface area (Å²) in [7, 11) is 0. The zero-order valence-corrected chi connectivity index (χ0v) is 10.8. The Morgan fingerprint density at radius 1 is 1.44 bits per heavy atom. The second-order valence-electron chi connectivity index (χ2n) is 2.90. The maximum atomic E-state index is 12.5. The van der Waals surface area contributed by atoms with Gasteiger partial charge in [0.25, 0.3) is 0 Å². The van der Waals surface area contributed by atoms with Gasteiger partial charge in [0, 0.05) is 3.57 Å². The van der Waals surface area contributed by atoms with Gasteiger partial charge in [-0.3, -0.25) is 0 Å². The Bertz CT molecular complexity index is 418. The van der Waals surface area contributed by atoms with Crippen molar-refractivity contribution in [2.45, 2.75) is 6.18 Å². The van der Waals surface area contributed by atoms with Gasteiger partial charge in [-0.1, -0.05) is 0 Å². The summed E-state index contributed by atoms with van der Waals surface area (Å²) in [5.74, 6) is 0.0591. The number of alkyl halides is 4. The van der Waals surface area contributed by atoms with Crippen LogP contribution in [0.3, 0.4) is 0 Å². The summed E-state index contributed by atoms with van der Waals surface area (Å²) in [4.78, 5) is 3.75. The van der Waals surface area contributed by atoms with Gasteiger partial charge in [0.1, 0.15) is 5.84 Å². The molecule has 2 N–H and O–H groups in total. The third-order valence-corrected chi connectivity index (χ3v) is 2.88. The minimum Gasteiger partial charge on any atom is -0.386 e. The van der Waals surface area contributed by atoms with Crippen LogP contribution in [-0.2, 0) is 6.18 Å². The number of rotatable bonds is 2. The third kappa shape index (κ3) is 3.51. The second kappa shape index (κ2) is 5.22. The van der Waals surface area contributed by atoms with Gasteiger partial charge in [-0.15, -0.1) is 11.6 Å². The highest BCUT2D eigenvalue weighted by Gasteiger charge is 2.33. The summed E-state index contributed by atoms with van der Waals surface area (Å²) < 4.78 is 37.7. The number of aliphatic imine (C=N–C) groups is 1. The van der Waals surface area contributed by atoms with Crippen LogP contribution in [0.15, 0.2) is 23.2 Å². The Labute approximate surface area is 109 Å². The number of benzene rings is 1. The lowest BCUT2D eigenvalue weighted by Gasteiger charge is -2.09. The van der Waals surface area contributed by atoms with Crippen LogP contribution in [0.25, 0.3) is 0 Å². The SMILES string of the molecule is NC(CCl)=Nc1ccc(I)c(C(F)(F)F)c1. The van der Waals surface area contributed by atoms with Crippen molar-refractivity contribution in [3.05, 3.63) is 27.3 Å². The Morgan fingerprint density at radius 3 is 2.56 bits per heavy atom. The van der Waals surface area contributed by atoms with Crippen LogP contribution in [0, 0.1) is 3.57 Å². The van der Waals surface area contributed by atoms with Crippen molar-refractivity contribution >= 4 is 45.7 Å². The van der Waals surface area contributed by atoms with Crippen LogP contribution in [0.2, 0.25) is 0 Å². The van der Waals surface area contributed by atoms with Crippen LogP contribution >= 0.6 is 34.2 Å². The quantitative estimate of drug-likeness (QED) is 0.372. The molecule has 0 unspecified atom stereocenters. The summed E-state index contributed by atoms with van der Waals surface area (Å²) in [5, 5.41) is 0. The van der Waals surface area contributed by atoms with Crippen LogP contribution in [0.5, 0.6) is 0 Å². The summed E-state index contributed by atoms with van der Waals surface area (Å²) in [5.41, 5.74) is 4.76. The first-order chi connectivity index (χ1) is 7.34. The van der Waals surface area contributed by atoms with Gasteiger partial charge in [-0.25, -0.2) is 4.99 Å². The van der Waals surface area contributed by atoms with E-state index < -0.39 is 11.7 Å². The smallest absolute Gasteiger partial charge is 0.386 e. The summed E-state index contributed by atoms with van der Waals surface area (Å²) in [6, 6.07) is 3.74. The molecule has 0 saturated carbocycles. The molecule has 0 bridgehead atoms. The molecule has 0 amide bonds. The van der Waals surface area contributed by atoms with Gasteiger partial charge in [-0.2, -0.15) is 13.2 Å². The van der Waals surface area contributed by atoms with Crippen LogP contribution in [0.1, 0.15) is 5.56 Å². The van der Waals surface area contributed by atoms with E-state index in [0.29, 0.717) is 0 Å². The fourth-order valence-corrected chi connectivity index (χ4v) is 1.70. The number of amidine groups is 1. The lowest BCUT2D eigenvalue weighted by atomic mass is 10.2. The Morgan fingerprint density at radius 2 is 2.06 bits per heavy atom. The van der Waals surface area contributed by atoms with Gasteiger partial charge in [0.15, 0.2) is 0 Å². The highest BCUT2D eigenvalue weighted by atomic mass is 127. The van der Waals surface area contributed by atoms with E-state index in [9.17, 15) is 13.2 Å². The maximum absolute atomic E-state index is 12.5. The van der Waals surface area contributed by atoms with Crippen LogP contribution in [-0.4, -0.2) is 11.7 Å². The predicted octanol–water partition coefficient (Wildman–Crippen LogP) is 3.54. The molecule has 1 rings (SSSR count). The molecule has 0 radical (unpaired) electrons. The molecule has 0 fully saturated rings. The zero-order valence-electron chi connectivity index (χ0n) is 7.85. The van der Waals surface area contributed by atoms with E-state index in [2.05, 4.69) is 4.99 Å². The average Bonchev–Trinajstić information content (AvgIpc) is 2.19. The number of nitrogens with zero attached hydrogens (tertiary/aromatic N) is 1. The average molecular weight is 363 g/mol. The van der Waals surface area contributed by atoms with E-state index in [4.69, 9.17) is 17.3 Å². The molecular formula is C9H7ClF3IN2. The van der Waals surface area contributed by atoms with Crippen molar-refractivity contribution in [3.63, 3.8) is 0 Å². The van der Waals surface area contributed by atoms with Crippen molar-refractivity contribution in [2.75, 3.05) is 5.88 Å². The van der Waals surface area contributed by atoms with Gasteiger partial charge >= 0.3 is 6.18 Å². The molecular weight excluding hydrogens is 355 g/mol. The van der Waals surface area contributed by atoms with Crippen molar-refractivity contribution in [1.29, 1.82) is 0 Å². The van der Waals surface area contributed by atoms with E-state index in [1.807, 2.05) is 0 Å². The van der Waals surface area contributed by atoms with Crippen molar-refractivity contribution in [1.82, 2.24) is 0 Å². The molecule has 0 aliphatic heterocycles. The van der Waals surface area contributed by atoms with E-state index in [-0.39, 0.29) is 21.0 Å². The first-order valence-electron chi connectivity index (χ1n) is 4.10. The molecule has 0 aliphatic carbocycles. The van der Waals surface area contributed by atoms with Gasteiger partial charge in [0.2, 0.25) is 0 Å². The predicted molar refractivity (Wildman–Crippen MR) is 66.2 cm³/mol. The molecule has 0 atom stereocenters. The lowest BCUT2D eigenvalue weighted by Crippen LogP contribution is -2.12.